The summed E-state index contributed by atoms with van der Waals surface area (Å²) in [6.45, 7) is 1.85. The Kier molecular flexibility index (Phi) is 5.92. The third-order valence-electron chi connectivity index (χ3n) is 4.56. The van der Waals surface area contributed by atoms with Crippen LogP contribution in [-0.2, 0) is 16.4 Å². The topological polar surface area (TPSA) is 89.3 Å². The van der Waals surface area contributed by atoms with Gasteiger partial charge in [-0.25, -0.2) is 13.6 Å². The lowest BCUT2D eigenvalue weighted by Gasteiger charge is -2.16. The number of carbonyl (C=O) groups excluding carboxylic acids is 1. The lowest BCUT2D eigenvalue weighted by Crippen LogP contribution is -2.27. The molecular formula is C22H22N2O3S. The predicted octanol–water partition coefficient (Wildman–Crippen LogP) is 3.42. The molecular weight excluding hydrogens is 372 g/mol. The lowest BCUT2D eigenvalue weighted by molar-refractivity contribution is 0.0939. The van der Waals surface area contributed by atoms with Crippen molar-refractivity contribution in [2.45, 2.75) is 24.3 Å². The van der Waals surface area contributed by atoms with Gasteiger partial charge in [-0.1, -0.05) is 60.7 Å². The molecule has 0 spiro atoms. The fourth-order valence-electron chi connectivity index (χ4n) is 3.02. The number of carbonyl (C=O) groups is 1. The molecule has 0 aliphatic heterocycles. The average Bonchev–Trinajstić information content (AvgIpc) is 2.68. The van der Waals surface area contributed by atoms with Crippen molar-refractivity contribution in [1.82, 2.24) is 5.32 Å². The molecule has 0 saturated heterocycles. The Morgan fingerprint density at radius 1 is 0.929 bits per heavy atom. The van der Waals surface area contributed by atoms with Crippen LogP contribution in [0.5, 0.6) is 0 Å². The predicted molar refractivity (Wildman–Crippen MR) is 109 cm³/mol. The van der Waals surface area contributed by atoms with Crippen molar-refractivity contribution in [3.8, 4) is 0 Å². The van der Waals surface area contributed by atoms with Gasteiger partial charge in [0.2, 0.25) is 10.0 Å². The van der Waals surface area contributed by atoms with E-state index in [-0.39, 0.29) is 16.8 Å². The van der Waals surface area contributed by atoms with Crippen LogP contribution in [0.3, 0.4) is 0 Å². The zero-order valence-electron chi connectivity index (χ0n) is 15.5. The standard InChI is InChI=1S/C22H22N2O3S/c1-16(18-11-13-20(14-12-18)28(23,26)27)24-22(25)21-10-6-5-9-19(21)15-17-7-3-2-4-8-17/h2-14,16H,15H2,1H3,(H,24,25)(H2,23,26,27)/t16-/m1/s1. The molecule has 0 aromatic heterocycles. The first-order valence-electron chi connectivity index (χ1n) is 8.90. The van der Waals surface area contributed by atoms with Crippen LogP contribution in [0.1, 0.15) is 40.0 Å². The van der Waals surface area contributed by atoms with Crippen LogP contribution in [0.25, 0.3) is 0 Å². The van der Waals surface area contributed by atoms with Gasteiger partial charge >= 0.3 is 0 Å². The number of benzene rings is 3. The molecule has 3 aromatic carbocycles. The number of hydrogen-bond donors (Lipinski definition) is 2. The normalized spacial score (nSPS) is 12.4. The third kappa shape index (κ3) is 4.85. The summed E-state index contributed by atoms with van der Waals surface area (Å²) in [5, 5.41) is 8.10. The van der Waals surface area contributed by atoms with E-state index < -0.39 is 10.0 Å². The SMILES string of the molecule is C[C@@H](NC(=O)c1ccccc1Cc1ccccc1)c1ccc(S(N)(=O)=O)cc1. The second-order valence-electron chi connectivity index (χ2n) is 6.63. The molecule has 3 rings (SSSR count). The molecule has 0 radical (unpaired) electrons. The second kappa shape index (κ2) is 8.37. The Balaban J connectivity index is 1.76. The molecule has 0 heterocycles. The molecule has 3 aromatic rings. The first kappa shape index (κ1) is 19.8. The van der Waals surface area contributed by atoms with Crippen molar-refractivity contribution in [3.63, 3.8) is 0 Å². The van der Waals surface area contributed by atoms with Crippen LogP contribution in [-0.4, -0.2) is 14.3 Å². The Morgan fingerprint density at radius 3 is 2.18 bits per heavy atom. The van der Waals surface area contributed by atoms with Gasteiger partial charge in [-0.3, -0.25) is 4.79 Å². The minimum atomic E-state index is -3.73. The molecule has 1 amide bonds. The van der Waals surface area contributed by atoms with E-state index >= 15 is 0 Å². The average molecular weight is 394 g/mol. The number of rotatable bonds is 6. The van der Waals surface area contributed by atoms with Crippen molar-refractivity contribution < 1.29 is 13.2 Å². The summed E-state index contributed by atoms with van der Waals surface area (Å²) in [6, 6.07) is 23.4. The smallest absolute Gasteiger partial charge is 0.252 e. The first-order valence-corrected chi connectivity index (χ1v) is 10.4. The van der Waals surface area contributed by atoms with E-state index in [9.17, 15) is 13.2 Å². The zero-order valence-corrected chi connectivity index (χ0v) is 16.3. The van der Waals surface area contributed by atoms with E-state index in [1.807, 2.05) is 61.5 Å². The van der Waals surface area contributed by atoms with Gasteiger partial charge < -0.3 is 5.32 Å². The zero-order chi connectivity index (χ0) is 20.1. The molecule has 1 atom stereocenters. The number of primary sulfonamides is 1. The Morgan fingerprint density at radius 2 is 1.54 bits per heavy atom. The number of nitrogens with one attached hydrogen (secondary N) is 1. The minimum Gasteiger partial charge on any atom is -0.346 e. The summed E-state index contributed by atoms with van der Waals surface area (Å²) in [5.41, 5.74) is 3.50. The van der Waals surface area contributed by atoms with Crippen molar-refractivity contribution in [1.29, 1.82) is 0 Å². The number of hydrogen-bond acceptors (Lipinski definition) is 3. The molecule has 0 saturated carbocycles. The summed E-state index contributed by atoms with van der Waals surface area (Å²) < 4.78 is 22.7. The van der Waals surface area contributed by atoms with Gasteiger partial charge in [-0.05, 0) is 48.2 Å². The Labute approximate surface area is 165 Å². The highest BCUT2D eigenvalue weighted by Crippen LogP contribution is 2.18. The van der Waals surface area contributed by atoms with Crippen molar-refractivity contribution in [3.05, 3.63) is 101 Å². The number of sulfonamides is 1. The number of amides is 1. The fraction of sp³-hybridized carbons (Fsp3) is 0.136. The maximum Gasteiger partial charge on any atom is 0.252 e. The van der Waals surface area contributed by atoms with Gasteiger partial charge in [0.05, 0.1) is 10.9 Å². The van der Waals surface area contributed by atoms with Gasteiger partial charge in [0, 0.05) is 5.56 Å². The van der Waals surface area contributed by atoms with Crippen LogP contribution in [0, 0.1) is 0 Å². The van der Waals surface area contributed by atoms with E-state index in [0.29, 0.717) is 12.0 Å². The maximum absolute atomic E-state index is 12.8. The highest BCUT2D eigenvalue weighted by molar-refractivity contribution is 7.89. The fourth-order valence-corrected chi connectivity index (χ4v) is 3.53. The quantitative estimate of drug-likeness (QED) is 0.671. The Hall–Kier alpha value is -2.96. The molecule has 3 N–H and O–H groups in total. The first-order chi connectivity index (χ1) is 13.3. The molecule has 144 valence electrons. The van der Waals surface area contributed by atoms with Gasteiger partial charge in [-0.2, -0.15) is 0 Å². The van der Waals surface area contributed by atoms with Crippen molar-refractivity contribution in [2.24, 2.45) is 5.14 Å². The molecule has 5 nitrogen and oxygen atoms in total. The lowest BCUT2D eigenvalue weighted by atomic mass is 9.99. The van der Waals surface area contributed by atoms with Crippen LogP contribution < -0.4 is 10.5 Å². The minimum absolute atomic E-state index is 0.0444. The maximum atomic E-state index is 12.8. The van der Waals surface area contributed by atoms with Crippen LogP contribution in [0.15, 0.2) is 83.8 Å². The second-order valence-corrected chi connectivity index (χ2v) is 8.19. The van der Waals surface area contributed by atoms with Crippen molar-refractivity contribution >= 4 is 15.9 Å². The number of nitrogens with two attached hydrogens (primary N) is 1. The molecule has 0 aliphatic rings. The van der Waals surface area contributed by atoms with Crippen LogP contribution in [0.4, 0.5) is 0 Å². The summed E-state index contributed by atoms with van der Waals surface area (Å²) in [6.07, 6.45) is 0.669. The van der Waals surface area contributed by atoms with E-state index in [4.69, 9.17) is 5.14 Å². The van der Waals surface area contributed by atoms with Crippen LogP contribution >= 0.6 is 0 Å². The van der Waals surface area contributed by atoms with Gasteiger partial charge in [0.25, 0.3) is 5.91 Å². The molecule has 0 aliphatic carbocycles. The Bertz CT molecular complexity index is 1060. The summed E-state index contributed by atoms with van der Waals surface area (Å²) in [4.78, 5) is 12.9. The molecule has 0 unspecified atom stereocenters. The van der Waals surface area contributed by atoms with Gasteiger partial charge in [0.1, 0.15) is 0 Å². The summed E-state index contributed by atoms with van der Waals surface area (Å²) >= 11 is 0. The molecule has 0 fully saturated rings. The summed E-state index contributed by atoms with van der Waals surface area (Å²) in [7, 11) is -3.73. The monoisotopic (exact) mass is 394 g/mol. The van der Waals surface area contributed by atoms with Crippen molar-refractivity contribution in [2.75, 3.05) is 0 Å². The van der Waals surface area contributed by atoms with Gasteiger partial charge in [0.15, 0.2) is 0 Å². The molecule has 0 bridgehead atoms. The van der Waals surface area contributed by atoms with E-state index in [1.54, 1.807) is 12.1 Å². The van der Waals surface area contributed by atoms with Gasteiger partial charge in [-0.15, -0.1) is 0 Å². The summed E-state index contributed by atoms with van der Waals surface area (Å²) in [5.74, 6) is -0.172. The highest BCUT2D eigenvalue weighted by atomic mass is 32.2. The largest absolute Gasteiger partial charge is 0.346 e. The van der Waals surface area contributed by atoms with Crippen LogP contribution in [0.2, 0.25) is 0 Å². The van der Waals surface area contributed by atoms with E-state index in [2.05, 4.69) is 5.32 Å². The van der Waals surface area contributed by atoms with E-state index in [1.165, 1.54) is 12.1 Å². The highest BCUT2D eigenvalue weighted by Gasteiger charge is 2.16. The third-order valence-corrected chi connectivity index (χ3v) is 5.48. The molecule has 28 heavy (non-hydrogen) atoms. The van der Waals surface area contributed by atoms with E-state index in [0.717, 1.165) is 16.7 Å². The molecule has 6 heteroatoms.